The molecule has 17 heavy (non-hydrogen) atoms. The number of carbonyl (C=O) groups excluding carboxylic acids is 1. The molecule has 1 amide bonds. The van der Waals surface area contributed by atoms with Gasteiger partial charge in [0.15, 0.2) is 0 Å². The van der Waals surface area contributed by atoms with E-state index in [2.05, 4.69) is 0 Å². The fourth-order valence-electron chi connectivity index (χ4n) is 1.87. The van der Waals surface area contributed by atoms with Crippen molar-refractivity contribution in [2.45, 2.75) is 6.42 Å². The maximum atomic E-state index is 11.7. The summed E-state index contributed by atoms with van der Waals surface area (Å²) >= 11 is 0. The van der Waals surface area contributed by atoms with Gasteiger partial charge in [0.05, 0.1) is 17.6 Å². The molecule has 0 saturated carbocycles. The number of amides is 1. The van der Waals surface area contributed by atoms with Gasteiger partial charge in [0.25, 0.3) is 0 Å². The zero-order valence-corrected chi connectivity index (χ0v) is 8.96. The van der Waals surface area contributed by atoms with Crippen LogP contribution in [0.15, 0.2) is 24.3 Å². The van der Waals surface area contributed by atoms with Gasteiger partial charge in [-0.25, -0.2) is 0 Å². The Morgan fingerprint density at radius 1 is 1.53 bits per heavy atom. The first-order valence-electron chi connectivity index (χ1n) is 5.15. The summed E-state index contributed by atoms with van der Waals surface area (Å²) in [6.45, 7) is 0.170. The summed E-state index contributed by atoms with van der Waals surface area (Å²) in [5.74, 6) is -1.84. The highest BCUT2D eigenvalue weighted by Crippen LogP contribution is 2.25. The molecule has 1 aromatic rings. The number of aliphatic carboxylic acids is 1. The fourth-order valence-corrected chi connectivity index (χ4v) is 1.87. The summed E-state index contributed by atoms with van der Waals surface area (Å²) in [6, 6.07) is 8.58. The quantitative estimate of drug-likeness (QED) is 0.821. The van der Waals surface area contributed by atoms with Gasteiger partial charge in [-0.05, 0) is 18.2 Å². The number of carbonyl (C=O) groups is 2. The first kappa shape index (κ1) is 11.1. The lowest BCUT2D eigenvalue weighted by atomic mass is 10.1. The Labute approximate surface area is 97.9 Å². The van der Waals surface area contributed by atoms with Gasteiger partial charge in [-0.1, -0.05) is 6.07 Å². The molecule has 0 unspecified atom stereocenters. The molecule has 1 aliphatic heterocycles. The fraction of sp³-hybridized carbons (Fsp3) is 0.250. The van der Waals surface area contributed by atoms with Gasteiger partial charge in [0.1, 0.15) is 0 Å². The number of rotatable bonds is 2. The number of anilines is 1. The first-order valence-corrected chi connectivity index (χ1v) is 5.15. The molecule has 1 aromatic carbocycles. The predicted octanol–water partition coefficient (Wildman–Crippen LogP) is 0.996. The predicted molar refractivity (Wildman–Crippen MR) is 59.3 cm³/mol. The third kappa shape index (κ3) is 2.11. The zero-order chi connectivity index (χ0) is 12.4. The molecule has 1 atom stereocenters. The minimum atomic E-state index is -0.961. The molecule has 5 nitrogen and oxygen atoms in total. The minimum Gasteiger partial charge on any atom is -0.481 e. The van der Waals surface area contributed by atoms with Crippen LogP contribution in [0.3, 0.4) is 0 Å². The van der Waals surface area contributed by atoms with Crippen molar-refractivity contribution >= 4 is 17.6 Å². The molecule has 1 fully saturated rings. The van der Waals surface area contributed by atoms with Gasteiger partial charge < -0.3 is 10.0 Å². The molecule has 1 N–H and O–H groups in total. The van der Waals surface area contributed by atoms with Crippen LogP contribution in [0.5, 0.6) is 0 Å². The Kier molecular flexibility index (Phi) is 2.79. The third-order valence-corrected chi connectivity index (χ3v) is 2.76. The average Bonchev–Trinajstić information content (AvgIpc) is 2.72. The van der Waals surface area contributed by atoms with Crippen LogP contribution in [0.1, 0.15) is 12.0 Å². The number of nitriles is 1. The number of hydrogen-bond acceptors (Lipinski definition) is 3. The first-order chi connectivity index (χ1) is 8.11. The van der Waals surface area contributed by atoms with Crippen molar-refractivity contribution in [1.82, 2.24) is 0 Å². The van der Waals surface area contributed by atoms with E-state index in [1.54, 1.807) is 24.3 Å². The van der Waals surface area contributed by atoms with E-state index in [1.165, 1.54) is 4.90 Å². The smallest absolute Gasteiger partial charge is 0.308 e. The second-order valence-electron chi connectivity index (χ2n) is 3.91. The Bertz CT molecular complexity index is 519. The lowest BCUT2D eigenvalue weighted by Crippen LogP contribution is -2.25. The molecule has 5 heteroatoms. The molecule has 86 valence electrons. The number of carboxylic acid groups (broad SMARTS) is 1. The second kappa shape index (κ2) is 4.26. The van der Waals surface area contributed by atoms with Crippen LogP contribution in [-0.4, -0.2) is 23.5 Å². The van der Waals surface area contributed by atoms with E-state index in [4.69, 9.17) is 10.4 Å². The number of nitrogens with zero attached hydrogens (tertiary/aromatic N) is 2. The van der Waals surface area contributed by atoms with Crippen molar-refractivity contribution in [3.63, 3.8) is 0 Å². The summed E-state index contributed by atoms with van der Waals surface area (Å²) in [4.78, 5) is 23.9. The number of benzene rings is 1. The molecule has 2 rings (SSSR count). The van der Waals surface area contributed by atoms with Crippen molar-refractivity contribution in [2.24, 2.45) is 5.92 Å². The highest BCUT2D eigenvalue weighted by molar-refractivity contribution is 5.99. The van der Waals surface area contributed by atoms with Crippen LogP contribution in [-0.2, 0) is 9.59 Å². The molecule has 0 bridgehead atoms. The van der Waals surface area contributed by atoms with Crippen molar-refractivity contribution in [3.05, 3.63) is 29.8 Å². The molecule has 1 aliphatic rings. The van der Waals surface area contributed by atoms with Gasteiger partial charge >= 0.3 is 5.97 Å². The van der Waals surface area contributed by atoms with E-state index in [9.17, 15) is 9.59 Å². The Hall–Kier alpha value is -2.35. The monoisotopic (exact) mass is 230 g/mol. The van der Waals surface area contributed by atoms with Crippen molar-refractivity contribution in [1.29, 1.82) is 5.26 Å². The maximum Gasteiger partial charge on any atom is 0.308 e. The molecular formula is C12H10N2O3. The summed E-state index contributed by atoms with van der Waals surface area (Å²) in [7, 11) is 0. The topological polar surface area (TPSA) is 81.4 Å². The molecule has 0 spiro atoms. The van der Waals surface area contributed by atoms with E-state index >= 15 is 0 Å². The Morgan fingerprint density at radius 3 is 2.88 bits per heavy atom. The highest BCUT2D eigenvalue weighted by atomic mass is 16.4. The van der Waals surface area contributed by atoms with E-state index in [0.717, 1.165) is 0 Å². The Morgan fingerprint density at radius 2 is 2.29 bits per heavy atom. The SMILES string of the molecule is N#Cc1cccc(N2C[C@@H](C(=O)O)CC2=O)c1. The van der Waals surface area contributed by atoms with Crippen LogP contribution < -0.4 is 4.90 Å². The number of carboxylic acids is 1. The maximum absolute atomic E-state index is 11.7. The minimum absolute atomic E-state index is 0.0200. The van der Waals surface area contributed by atoms with Crippen molar-refractivity contribution < 1.29 is 14.7 Å². The lowest BCUT2D eigenvalue weighted by Gasteiger charge is -2.16. The van der Waals surface area contributed by atoms with Gasteiger partial charge in [-0.3, -0.25) is 9.59 Å². The zero-order valence-electron chi connectivity index (χ0n) is 8.96. The van der Waals surface area contributed by atoms with Crippen LogP contribution in [0.4, 0.5) is 5.69 Å². The van der Waals surface area contributed by atoms with Gasteiger partial charge in [-0.2, -0.15) is 5.26 Å². The molecule has 1 saturated heterocycles. The highest BCUT2D eigenvalue weighted by Gasteiger charge is 2.34. The largest absolute Gasteiger partial charge is 0.481 e. The third-order valence-electron chi connectivity index (χ3n) is 2.76. The van der Waals surface area contributed by atoms with E-state index < -0.39 is 11.9 Å². The van der Waals surface area contributed by atoms with Crippen molar-refractivity contribution in [3.8, 4) is 6.07 Å². The molecule has 0 aromatic heterocycles. The van der Waals surface area contributed by atoms with Crippen LogP contribution in [0.2, 0.25) is 0 Å². The van der Waals surface area contributed by atoms with Crippen LogP contribution in [0, 0.1) is 17.2 Å². The average molecular weight is 230 g/mol. The van der Waals surface area contributed by atoms with E-state index in [0.29, 0.717) is 11.3 Å². The molecule has 0 aliphatic carbocycles. The second-order valence-corrected chi connectivity index (χ2v) is 3.91. The summed E-state index contributed by atoms with van der Waals surface area (Å²) in [5, 5.41) is 17.6. The van der Waals surface area contributed by atoms with Gasteiger partial charge in [0, 0.05) is 18.7 Å². The van der Waals surface area contributed by atoms with Gasteiger partial charge in [0.2, 0.25) is 5.91 Å². The molecule has 0 radical (unpaired) electrons. The standard InChI is InChI=1S/C12H10N2O3/c13-6-8-2-1-3-10(4-8)14-7-9(12(16)17)5-11(14)15/h1-4,9H,5,7H2,(H,16,17)/t9-/m0/s1. The van der Waals surface area contributed by atoms with Crippen LogP contribution >= 0.6 is 0 Å². The van der Waals surface area contributed by atoms with Crippen LogP contribution in [0.25, 0.3) is 0 Å². The van der Waals surface area contributed by atoms with Gasteiger partial charge in [-0.15, -0.1) is 0 Å². The summed E-state index contributed by atoms with van der Waals surface area (Å²) < 4.78 is 0. The molecular weight excluding hydrogens is 220 g/mol. The molecule has 1 heterocycles. The Balaban J connectivity index is 2.26. The summed E-state index contributed by atoms with van der Waals surface area (Å²) in [5.41, 5.74) is 1.03. The number of hydrogen-bond donors (Lipinski definition) is 1. The van der Waals surface area contributed by atoms with Crippen molar-refractivity contribution in [2.75, 3.05) is 11.4 Å². The summed E-state index contributed by atoms with van der Waals surface area (Å²) in [6.07, 6.45) is 0.0200. The lowest BCUT2D eigenvalue weighted by molar-refractivity contribution is -0.141. The van der Waals surface area contributed by atoms with E-state index in [-0.39, 0.29) is 18.9 Å². The van der Waals surface area contributed by atoms with E-state index in [1.807, 2.05) is 6.07 Å². The normalized spacial score (nSPS) is 19.1.